The van der Waals surface area contributed by atoms with Gasteiger partial charge < -0.3 is 14.8 Å². The Morgan fingerprint density at radius 2 is 1.86 bits per heavy atom. The van der Waals surface area contributed by atoms with E-state index in [-0.39, 0.29) is 15.7 Å². The van der Waals surface area contributed by atoms with E-state index in [0.717, 1.165) is 10.6 Å². The van der Waals surface area contributed by atoms with E-state index in [1.54, 1.807) is 31.2 Å². The number of amides is 1. The first-order chi connectivity index (χ1) is 13.6. The Morgan fingerprint density at radius 3 is 2.45 bits per heavy atom. The fourth-order valence-electron chi connectivity index (χ4n) is 2.74. The number of hydrogen-bond acceptors (Lipinski definition) is 5. The van der Waals surface area contributed by atoms with Crippen LogP contribution in [-0.2, 0) is 14.8 Å². The Balaban J connectivity index is 2.26. The van der Waals surface area contributed by atoms with E-state index in [4.69, 9.17) is 32.7 Å². The highest BCUT2D eigenvalue weighted by atomic mass is 35.5. The summed E-state index contributed by atoms with van der Waals surface area (Å²) in [6, 6.07) is 9.32. The largest absolute Gasteiger partial charge is 0.497 e. The molecule has 1 unspecified atom stereocenters. The van der Waals surface area contributed by atoms with Crippen LogP contribution in [0.3, 0.4) is 0 Å². The first-order valence-electron chi connectivity index (χ1n) is 8.51. The smallest absolute Gasteiger partial charge is 0.241 e. The van der Waals surface area contributed by atoms with Crippen LogP contribution < -0.4 is 19.1 Å². The second kappa shape index (κ2) is 9.56. The van der Waals surface area contributed by atoms with E-state index >= 15 is 0 Å². The lowest BCUT2D eigenvalue weighted by molar-refractivity contribution is -0.120. The summed E-state index contributed by atoms with van der Waals surface area (Å²) in [6.45, 7) is 1.29. The van der Waals surface area contributed by atoms with Gasteiger partial charge in [-0.1, -0.05) is 29.3 Å². The molecule has 0 fully saturated rings. The summed E-state index contributed by atoms with van der Waals surface area (Å²) < 4.78 is 36.0. The molecule has 0 radical (unpaired) electrons. The van der Waals surface area contributed by atoms with Gasteiger partial charge in [0.15, 0.2) is 0 Å². The van der Waals surface area contributed by atoms with Crippen molar-refractivity contribution in [3.05, 3.63) is 52.0 Å². The third kappa shape index (κ3) is 5.68. The molecule has 1 amide bonds. The monoisotopic (exact) mass is 460 g/mol. The van der Waals surface area contributed by atoms with Crippen LogP contribution in [0.15, 0.2) is 36.4 Å². The molecule has 0 saturated heterocycles. The Kier molecular flexibility index (Phi) is 7.62. The van der Waals surface area contributed by atoms with Gasteiger partial charge in [-0.2, -0.15) is 0 Å². The van der Waals surface area contributed by atoms with Crippen LogP contribution >= 0.6 is 23.2 Å². The number of nitrogens with zero attached hydrogens (tertiary/aromatic N) is 1. The number of nitrogens with one attached hydrogen (secondary N) is 1. The predicted molar refractivity (Wildman–Crippen MR) is 115 cm³/mol. The number of rotatable bonds is 8. The predicted octanol–water partition coefficient (Wildman–Crippen LogP) is 3.65. The highest BCUT2D eigenvalue weighted by Crippen LogP contribution is 2.34. The molecule has 1 N–H and O–H groups in total. The lowest BCUT2D eigenvalue weighted by atomic mass is 10.1. The van der Waals surface area contributed by atoms with Crippen molar-refractivity contribution in [1.82, 2.24) is 5.32 Å². The molecule has 10 heteroatoms. The highest BCUT2D eigenvalue weighted by Gasteiger charge is 2.25. The highest BCUT2D eigenvalue weighted by molar-refractivity contribution is 7.92. The molecule has 158 valence electrons. The molecule has 0 saturated carbocycles. The summed E-state index contributed by atoms with van der Waals surface area (Å²) in [5, 5.41) is 3.01. The zero-order valence-electron chi connectivity index (χ0n) is 16.4. The van der Waals surface area contributed by atoms with Gasteiger partial charge in [-0.25, -0.2) is 8.42 Å². The molecular weight excluding hydrogens is 439 g/mol. The second-order valence-electron chi connectivity index (χ2n) is 6.24. The molecule has 0 aromatic heterocycles. The summed E-state index contributed by atoms with van der Waals surface area (Å²) in [5.74, 6) is 0.644. The molecule has 0 aliphatic carbocycles. The van der Waals surface area contributed by atoms with E-state index in [2.05, 4.69) is 5.32 Å². The minimum atomic E-state index is -3.79. The standard InChI is InChI=1S/C19H22Cl2N2O5S/c1-12(14-10-13(27-2)8-9-17(14)28-3)22-18(24)11-23(29(4,25)26)16-7-5-6-15(20)19(16)21/h5-10,12H,11H2,1-4H3,(H,22,24). The van der Waals surface area contributed by atoms with Crippen molar-refractivity contribution in [2.24, 2.45) is 0 Å². The number of hydrogen-bond donors (Lipinski definition) is 1. The lowest BCUT2D eigenvalue weighted by Crippen LogP contribution is -2.41. The maximum Gasteiger partial charge on any atom is 0.241 e. The van der Waals surface area contributed by atoms with Crippen LogP contribution in [0.2, 0.25) is 10.0 Å². The van der Waals surface area contributed by atoms with Gasteiger partial charge in [0.2, 0.25) is 15.9 Å². The number of methoxy groups -OCH3 is 2. The van der Waals surface area contributed by atoms with E-state index in [9.17, 15) is 13.2 Å². The van der Waals surface area contributed by atoms with E-state index in [1.165, 1.54) is 26.4 Å². The van der Waals surface area contributed by atoms with Crippen LogP contribution in [0.5, 0.6) is 11.5 Å². The lowest BCUT2D eigenvalue weighted by Gasteiger charge is -2.25. The number of carbonyl (C=O) groups excluding carboxylic acids is 1. The molecule has 29 heavy (non-hydrogen) atoms. The van der Waals surface area contributed by atoms with Crippen molar-refractivity contribution in [1.29, 1.82) is 0 Å². The molecular formula is C19H22Cl2N2O5S. The molecule has 0 spiro atoms. The van der Waals surface area contributed by atoms with Gasteiger partial charge in [0.05, 0.1) is 42.2 Å². The second-order valence-corrected chi connectivity index (χ2v) is 8.93. The quantitative estimate of drug-likeness (QED) is 0.649. The van der Waals surface area contributed by atoms with Crippen LogP contribution in [0.4, 0.5) is 5.69 Å². The Morgan fingerprint density at radius 1 is 1.17 bits per heavy atom. The van der Waals surface area contributed by atoms with Crippen molar-refractivity contribution in [2.75, 3.05) is 31.3 Å². The number of ether oxygens (including phenoxy) is 2. The zero-order valence-corrected chi connectivity index (χ0v) is 18.7. The van der Waals surface area contributed by atoms with Crippen molar-refractivity contribution >= 4 is 44.8 Å². The molecule has 0 bridgehead atoms. The molecule has 0 heterocycles. The van der Waals surface area contributed by atoms with Gasteiger partial charge in [-0.3, -0.25) is 9.10 Å². The van der Waals surface area contributed by atoms with E-state index in [1.807, 2.05) is 0 Å². The third-order valence-electron chi connectivity index (χ3n) is 4.17. The van der Waals surface area contributed by atoms with Crippen molar-refractivity contribution in [3.63, 3.8) is 0 Å². The molecule has 0 aliphatic heterocycles. The minimum Gasteiger partial charge on any atom is -0.497 e. The topological polar surface area (TPSA) is 84.9 Å². The number of sulfonamides is 1. The number of anilines is 1. The van der Waals surface area contributed by atoms with Gasteiger partial charge in [0.25, 0.3) is 0 Å². The average Bonchev–Trinajstić information content (AvgIpc) is 2.67. The Bertz CT molecular complexity index is 998. The van der Waals surface area contributed by atoms with Gasteiger partial charge in [0.1, 0.15) is 18.0 Å². The Labute approximate surface area is 180 Å². The molecule has 2 aromatic rings. The van der Waals surface area contributed by atoms with Crippen LogP contribution in [0.1, 0.15) is 18.5 Å². The summed E-state index contributed by atoms with van der Waals surface area (Å²) in [5.41, 5.74) is 0.815. The van der Waals surface area contributed by atoms with Gasteiger partial charge >= 0.3 is 0 Å². The maximum atomic E-state index is 12.6. The van der Waals surface area contributed by atoms with E-state index in [0.29, 0.717) is 17.1 Å². The SMILES string of the molecule is COc1ccc(OC)c(C(C)NC(=O)CN(c2cccc(Cl)c2Cl)S(C)(=O)=O)c1. The molecule has 1 atom stereocenters. The summed E-state index contributed by atoms with van der Waals surface area (Å²) in [4.78, 5) is 12.6. The van der Waals surface area contributed by atoms with E-state index < -0.39 is 28.5 Å². The van der Waals surface area contributed by atoms with Crippen LogP contribution in [0.25, 0.3) is 0 Å². The molecule has 7 nitrogen and oxygen atoms in total. The van der Waals surface area contributed by atoms with Crippen LogP contribution in [0, 0.1) is 0 Å². The Hall–Kier alpha value is -2.16. The average molecular weight is 461 g/mol. The summed E-state index contributed by atoms with van der Waals surface area (Å²) in [6.07, 6.45) is 0.992. The third-order valence-corrected chi connectivity index (χ3v) is 6.10. The van der Waals surface area contributed by atoms with Gasteiger partial charge in [-0.05, 0) is 37.3 Å². The first kappa shape index (κ1) is 23.1. The molecule has 0 aliphatic rings. The maximum absolute atomic E-state index is 12.6. The zero-order chi connectivity index (χ0) is 21.8. The number of benzene rings is 2. The summed E-state index contributed by atoms with van der Waals surface area (Å²) in [7, 11) is -0.736. The number of carbonyl (C=O) groups is 1. The van der Waals surface area contributed by atoms with Gasteiger partial charge in [0, 0.05) is 5.56 Å². The van der Waals surface area contributed by atoms with Crippen molar-refractivity contribution < 1.29 is 22.7 Å². The first-order valence-corrected chi connectivity index (χ1v) is 11.1. The van der Waals surface area contributed by atoms with Crippen molar-refractivity contribution in [2.45, 2.75) is 13.0 Å². The fourth-order valence-corrected chi connectivity index (χ4v) is 4.05. The van der Waals surface area contributed by atoms with Crippen LogP contribution in [-0.4, -0.2) is 41.3 Å². The molecule has 2 rings (SSSR count). The normalized spacial score (nSPS) is 12.2. The van der Waals surface area contributed by atoms with Gasteiger partial charge in [-0.15, -0.1) is 0 Å². The number of halogens is 2. The fraction of sp³-hybridized carbons (Fsp3) is 0.316. The summed E-state index contributed by atoms with van der Waals surface area (Å²) >= 11 is 12.1. The molecule has 2 aromatic carbocycles. The van der Waals surface area contributed by atoms with Crippen molar-refractivity contribution in [3.8, 4) is 11.5 Å². The minimum absolute atomic E-state index is 0.0508.